The first-order chi connectivity index (χ1) is 11.7. The molecule has 0 aromatic heterocycles. The minimum absolute atomic E-state index is 0.205. The lowest BCUT2D eigenvalue weighted by Gasteiger charge is -2.11. The van der Waals surface area contributed by atoms with Gasteiger partial charge < -0.3 is 19.5 Å². The van der Waals surface area contributed by atoms with Gasteiger partial charge >= 0.3 is 0 Å². The van der Waals surface area contributed by atoms with Crippen molar-refractivity contribution in [3.05, 3.63) is 54.1 Å². The predicted octanol–water partition coefficient (Wildman–Crippen LogP) is 3.75. The molecular weight excluding hydrogens is 306 g/mol. The standard InChI is InChI=1S/C19H23NO4/c1-3-22-13-14-24-16-11-9-15(10-12-16)20-19(21)17-7-5-6-8-18(17)23-4-2/h5-12H,3-4,13-14H2,1-2H3,(H,20,21). The van der Waals surface area contributed by atoms with Crippen LogP contribution >= 0.6 is 0 Å². The minimum Gasteiger partial charge on any atom is -0.493 e. The van der Waals surface area contributed by atoms with E-state index in [1.165, 1.54) is 0 Å². The first-order valence-corrected chi connectivity index (χ1v) is 8.08. The Morgan fingerprint density at radius 2 is 1.67 bits per heavy atom. The van der Waals surface area contributed by atoms with Gasteiger partial charge in [-0.1, -0.05) is 12.1 Å². The lowest BCUT2D eigenvalue weighted by atomic mass is 10.2. The minimum atomic E-state index is -0.205. The maximum absolute atomic E-state index is 12.4. The Balaban J connectivity index is 1.95. The highest BCUT2D eigenvalue weighted by atomic mass is 16.5. The van der Waals surface area contributed by atoms with E-state index in [9.17, 15) is 4.79 Å². The summed E-state index contributed by atoms with van der Waals surface area (Å²) in [6.07, 6.45) is 0. The van der Waals surface area contributed by atoms with E-state index >= 15 is 0 Å². The van der Waals surface area contributed by atoms with Crippen LogP contribution in [0.4, 0.5) is 5.69 Å². The van der Waals surface area contributed by atoms with Crippen molar-refractivity contribution in [3.63, 3.8) is 0 Å². The van der Waals surface area contributed by atoms with E-state index in [-0.39, 0.29) is 5.91 Å². The summed E-state index contributed by atoms with van der Waals surface area (Å²) >= 11 is 0. The second-order valence-electron chi connectivity index (χ2n) is 4.95. The van der Waals surface area contributed by atoms with Crippen molar-refractivity contribution in [3.8, 4) is 11.5 Å². The lowest BCUT2D eigenvalue weighted by Crippen LogP contribution is -2.13. The van der Waals surface area contributed by atoms with Crippen LogP contribution in [-0.4, -0.2) is 32.3 Å². The maximum atomic E-state index is 12.4. The number of hydrogen-bond donors (Lipinski definition) is 1. The predicted molar refractivity (Wildman–Crippen MR) is 94.0 cm³/mol. The van der Waals surface area contributed by atoms with Crippen LogP contribution in [0.1, 0.15) is 24.2 Å². The van der Waals surface area contributed by atoms with Crippen LogP contribution in [-0.2, 0) is 4.74 Å². The number of carbonyl (C=O) groups excluding carboxylic acids is 1. The Kier molecular flexibility index (Phi) is 7.11. The fourth-order valence-corrected chi connectivity index (χ4v) is 2.13. The Hall–Kier alpha value is -2.53. The number of ether oxygens (including phenoxy) is 3. The molecule has 2 rings (SSSR count). The van der Waals surface area contributed by atoms with E-state index in [2.05, 4.69) is 5.32 Å². The summed E-state index contributed by atoms with van der Waals surface area (Å²) in [4.78, 5) is 12.4. The molecule has 0 radical (unpaired) electrons. The largest absolute Gasteiger partial charge is 0.493 e. The van der Waals surface area contributed by atoms with E-state index < -0.39 is 0 Å². The summed E-state index contributed by atoms with van der Waals surface area (Å²) in [7, 11) is 0. The molecule has 0 unspecified atom stereocenters. The number of anilines is 1. The molecule has 0 aliphatic rings. The van der Waals surface area contributed by atoms with Gasteiger partial charge in [0.25, 0.3) is 5.91 Å². The molecule has 24 heavy (non-hydrogen) atoms. The van der Waals surface area contributed by atoms with E-state index in [4.69, 9.17) is 14.2 Å². The molecule has 0 aliphatic heterocycles. The van der Waals surface area contributed by atoms with Gasteiger partial charge in [-0.2, -0.15) is 0 Å². The van der Waals surface area contributed by atoms with Crippen molar-refractivity contribution >= 4 is 11.6 Å². The average molecular weight is 329 g/mol. The van der Waals surface area contributed by atoms with Gasteiger partial charge in [0.1, 0.15) is 18.1 Å². The molecule has 0 saturated heterocycles. The highest BCUT2D eigenvalue weighted by Gasteiger charge is 2.12. The van der Waals surface area contributed by atoms with E-state index in [1.807, 2.05) is 38.1 Å². The van der Waals surface area contributed by atoms with Crippen molar-refractivity contribution in [1.82, 2.24) is 0 Å². The maximum Gasteiger partial charge on any atom is 0.259 e. The summed E-state index contributed by atoms with van der Waals surface area (Å²) in [5, 5.41) is 2.86. The van der Waals surface area contributed by atoms with Crippen LogP contribution in [0.3, 0.4) is 0 Å². The number of amides is 1. The monoisotopic (exact) mass is 329 g/mol. The molecule has 2 aromatic carbocycles. The molecule has 0 saturated carbocycles. The number of hydrogen-bond acceptors (Lipinski definition) is 4. The molecule has 2 aromatic rings. The first kappa shape index (κ1) is 17.8. The first-order valence-electron chi connectivity index (χ1n) is 8.08. The zero-order valence-corrected chi connectivity index (χ0v) is 14.1. The fraction of sp³-hybridized carbons (Fsp3) is 0.316. The topological polar surface area (TPSA) is 56.8 Å². The van der Waals surface area contributed by atoms with Crippen LogP contribution in [0.5, 0.6) is 11.5 Å². The van der Waals surface area contributed by atoms with E-state index in [0.717, 1.165) is 5.75 Å². The third-order valence-corrected chi connectivity index (χ3v) is 3.24. The third-order valence-electron chi connectivity index (χ3n) is 3.24. The molecule has 0 atom stereocenters. The molecule has 0 fully saturated rings. The number of benzene rings is 2. The molecule has 0 heterocycles. The van der Waals surface area contributed by atoms with Gasteiger partial charge in [0.05, 0.1) is 18.8 Å². The zero-order chi connectivity index (χ0) is 17.2. The van der Waals surface area contributed by atoms with Crippen LogP contribution in [0.2, 0.25) is 0 Å². The second-order valence-corrected chi connectivity index (χ2v) is 4.95. The van der Waals surface area contributed by atoms with E-state index in [1.54, 1.807) is 24.3 Å². The Labute approximate surface area is 142 Å². The summed E-state index contributed by atoms with van der Waals surface area (Å²) in [6.45, 7) is 6.08. The highest BCUT2D eigenvalue weighted by Crippen LogP contribution is 2.21. The zero-order valence-electron chi connectivity index (χ0n) is 14.1. The molecule has 128 valence electrons. The normalized spacial score (nSPS) is 10.2. The Bertz CT molecular complexity index is 640. The lowest BCUT2D eigenvalue weighted by molar-refractivity contribution is 0.102. The van der Waals surface area contributed by atoms with Crippen molar-refractivity contribution in [2.24, 2.45) is 0 Å². The molecule has 0 spiro atoms. The van der Waals surface area contributed by atoms with Crippen LogP contribution in [0, 0.1) is 0 Å². The van der Waals surface area contributed by atoms with Gasteiger partial charge in [-0.05, 0) is 50.2 Å². The van der Waals surface area contributed by atoms with Gasteiger partial charge in [-0.25, -0.2) is 0 Å². The number of carbonyl (C=O) groups is 1. The molecule has 0 bridgehead atoms. The second kappa shape index (κ2) is 9.57. The summed E-state index contributed by atoms with van der Waals surface area (Å²) < 4.78 is 16.3. The van der Waals surface area contributed by atoms with Gasteiger partial charge in [-0.3, -0.25) is 4.79 Å². The highest BCUT2D eigenvalue weighted by molar-refractivity contribution is 6.06. The van der Waals surface area contributed by atoms with Crippen molar-refractivity contribution in [2.45, 2.75) is 13.8 Å². The number of para-hydroxylation sites is 1. The van der Waals surface area contributed by atoms with Crippen LogP contribution < -0.4 is 14.8 Å². The van der Waals surface area contributed by atoms with Gasteiger partial charge in [0.15, 0.2) is 0 Å². The quantitative estimate of drug-likeness (QED) is 0.712. The van der Waals surface area contributed by atoms with Gasteiger partial charge in [-0.15, -0.1) is 0 Å². The third kappa shape index (κ3) is 5.28. The average Bonchev–Trinajstić information content (AvgIpc) is 2.61. The Morgan fingerprint density at radius 1 is 0.917 bits per heavy atom. The number of rotatable bonds is 9. The molecular formula is C19H23NO4. The molecule has 1 amide bonds. The Morgan fingerprint density at radius 3 is 2.38 bits per heavy atom. The van der Waals surface area contributed by atoms with Gasteiger partial charge in [0.2, 0.25) is 0 Å². The number of nitrogens with one attached hydrogen (secondary N) is 1. The SMILES string of the molecule is CCOCCOc1ccc(NC(=O)c2ccccc2OCC)cc1. The summed E-state index contributed by atoms with van der Waals surface area (Å²) in [5.41, 5.74) is 1.21. The molecule has 5 heteroatoms. The summed E-state index contributed by atoms with van der Waals surface area (Å²) in [6, 6.07) is 14.4. The van der Waals surface area contributed by atoms with E-state index in [0.29, 0.717) is 43.4 Å². The smallest absolute Gasteiger partial charge is 0.259 e. The van der Waals surface area contributed by atoms with Gasteiger partial charge in [0, 0.05) is 12.3 Å². The van der Waals surface area contributed by atoms with Crippen molar-refractivity contribution < 1.29 is 19.0 Å². The van der Waals surface area contributed by atoms with Crippen molar-refractivity contribution in [1.29, 1.82) is 0 Å². The molecule has 5 nitrogen and oxygen atoms in total. The fourth-order valence-electron chi connectivity index (χ4n) is 2.13. The molecule has 0 aliphatic carbocycles. The molecule has 1 N–H and O–H groups in total. The van der Waals surface area contributed by atoms with Crippen molar-refractivity contribution in [2.75, 3.05) is 31.7 Å². The van der Waals surface area contributed by atoms with Crippen LogP contribution in [0.25, 0.3) is 0 Å². The summed E-state index contributed by atoms with van der Waals surface area (Å²) in [5.74, 6) is 1.11. The van der Waals surface area contributed by atoms with Crippen LogP contribution in [0.15, 0.2) is 48.5 Å².